The molecule has 100 valence electrons. The average molecular weight is 270 g/mol. The lowest BCUT2D eigenvalue weighted by molar-refractivity contribution is 0.246. The van der Waals surface area contributed by atoms with E-state index in [2.05, 4.69) is 5.32 Å². The maximum atomic E-state index is 12.0. The predicted octanol–water partition coefficient (Wildman–Crippen LogP) is 1.70. The summed E-state index contributed by atoms with van der Waals surface area (Å²) in [6.45, 7) is 5.91. The molecule has 0 aromatic heterocycles. The Morgan fingerprint density at radius 2 is 1.94 bits per heavy atom. The number of nitrogens with one attached hydrogen (secondary N) is 2. The molecule has 0 bridgehead atoms. The van der Waals surface area contributed by atoms with Crippen molar-refractivity contribution in [2.24, 2.45) is 0 Å². The van der Waals surface area contributed by atoms with E-state index < -0.39 is 16.1 Å². The fourth-order valence-electron chi connectivity index (χ4n) is 1.55. The normalized spacial score (nSPS) is 11.1. The van der Waals surface area contributed by atoms with Gasteiger partial charge in [0.2, 0.25) is 0 Å². The molecular formula is C12H18N2O3S. The van der Waals surface area contributed by atoms with Crippen LogP contribution in [0.2, 0.25) is 0 Å². The second-order valence-electron chi connectivity index (χ2n) is 4.13. The summed E-state index contributed by atoms with van der Waals surface area (Å²) in [7, 11) is -3.80. The third-order valence-electron chi connectivity index (χ3n) is 2.38. The van der Waals surface area contributed by atoms with Crippen molar-refractivity contribution in [3.05, 3.63) is 29.3 Å². The third kappa shape index (κ3) is 3.73. The summed E-state index contributed by atoms with van der Waals surface area (Å²) in [5.74, 6) is 0. The Balaban J connectivity index is 2.90. The van der Waals surface area contributed by atoms with Gasteiger partial charge >= 0.3 is 6.03 Å². The Bertz CT molecular complexity index is 538. The maximum absolute atomic E-state index is 12.0. The van der Waals surface area contributed by atoms with Gasteiger partial charge < -0.3 is 5.32 Å². The molecule has 1 rings (SSSR count). The summed E-state index contributed by atoms with van der Waals surface area (Å²) in [5, 5.41) is 2.46. The lowest BCUT2D eigenvalue weighted by Crippen LogP contribution is -2.39. The van der Waals surface area contributed by atoms with Gasteiger partial charge in [-0.05, 0) is 31.9 Å². The first-order valence-electron chi connectivity index (χ1n) is 5.74. The summed E-state index contributed by atoms with van der Waals surface area (Å²) < 4.78 is 25.9. The Labute approximate surface area is 108 Å². The standard InChI is InChI=1S/C12H18N2O3S/c1-4-7-13-12(15)14-18(16,17)11-6-5-9(2)8-10(11)3/h5-6,8H,4,7H2,1-3H3,(H2,13,14,15). The van der Waals surface area contributed by atoms with Crippen molar-refractivity contribution in [2.75, 3.05) is 6.54 Å². The van der Waals surface area contributed by atoms with Crippen molar-refractivity contribution in [1.29, 1.82) is 0 Å². The van der Waals surface area contributed by atoms with Crippen molar-refractivity contribution in [3.8, 4) is 0 Å². The fraction of sp³-hybridized carbons (Fsp3) is 0.417. The lowest BCUT2D eigenvalue weighted by atomic mass is 10.2. The minimum absolute atomic E-state index is 0.125. The number of sulfonamides is 1. The largest absolute Gasteiger partial charge is 0.337 e. The molecule has 0 fully saturated rings. The van der Waals surface area contributed by atoms with Gasteiger partial charge in [0.15, 0.2) is 0 Å². The van der Waals surface area contributed by atoms with Crippen LogP contribution in [0, 0.1) is 13.8 Å². The van der Waals surface area contributed by atoms with Crippen LogP contribution in [0.1, 0.15) is 24.5 Å². The molecule has 0 aliphatic heterocycles. The summed E-state index contributed by atoms with van der Waals surface area (Å²) in [5.41, 5.74) is 1.59. The molecule has 0 aliphatic rings. The van der Waals surface area contributed by atoms with E-state index in [0.717, 1.165) is 12.0 Å². The lowest BCUT2D eigenvalue weighted by Gasteiger charge is -2.10. The van der Waals surface area contributed by atoms with Crippen molar-refractivity contribution < 1.29 is 13.2 Å². The number of carbonyl (C=O) groups excluding carboxylic acids is 1. The van der Waals surface area contributed by atoms with Gasteiger partial charge in [-0.1, -0.05) is 24.6 Å². The van der Waals surface area contributed by atoms with Crippen LogP contribution in [-0.4, -0.2) is 21.0 Å². The maximum Gasteiger partial charge on any atom is 0.328 e. The molecule has 2 amide bonds. The third-order valence-corrected chi connectivity index (χ3v) is 3.87. The summed E-state index contributed by atoms with van der Waals surface area (Å²) in [4.78, 5) is 11.5. The Morgan fingerprint density at radius 3 is 2.50 bits per heavy atom. The van der Waals surface area contributed by atoms with Gasteiger partial charge in [0.25, 0.3) is 10.0 Å². The minimum atomic E-state index is -3.80. The van der Waals surface area contributed by atoms with Crippen LogP contribution in [0.5, 0.6) is 0 Å². The Kier molecular flexibility index (Phi) is 4.72. The van der Waals surface area contributed by atoms with E-state index in [1.165, 1.54) is 6.07 Å². The predicted molar refractivity (Wildman–Crippen MR) is 69.9 cm³/mol. The zero-order chi connectivity index (χ0) is 13.8. The van der Waals surface area contributed by atoms with E-state index in [-0.39, 0.29) is 4.90 Å². The second kappa shape index (κ2) is 5.86. The van der Waals surface area contributed by atoms with Gasteiger partial charge in [0, 0.05) is 6.54 Å². The van der Waals surface area contributed by atoms with Crippen molar-refractivity contribution >= 4 is 16.1 Å². The van der Waals surface area contributed by atoms with Crippen LogP contribution >= 0.6 is 0 Å². The topological polar surface area (TPSA) is 75.3 Å². The molecule has 18 heavy (non-hydrogen) atoms. The monoisotopic (exact) mass is 270 g/mol. The number of aryl methyl sites for hydroxylation is 2. The first kappa shape index (κ1) is 14.5. The van der Waals surface area contributed by atoms with E-state index in [0.29, 0.717) is 12.1 Å². The molecule has 0 unspecified atom stereocenters. The molecule has 0 heterocycles. The van der Waals surface area contributed by atoms with Crippen molar-refractivity contribution in [3.63, 3.8) is 0 Å². The van der Waals surface area contributed by atoms with E-state index in [9.17, 15) is 13.2 Å². The molecule has 1 aromatic carbocycles. The van der Waals surface area contributed by atoms with Gasteiger partial charge in [-0.15, -0.1) is 0 Å². The number of amides is 2. The number of carbonyl (C=O) groups is 1. The Morgan fingerprint density at radius 1 is 1.28 bits per heavy atom. The van der Waals surface area contributed by atoms with Crippen LogP contribution in [0.25, 0.3) is 0 Å². The number of hydrogen-bond donors (Lipinski definition) is 2. The minimum Gasteiger partial charge on any atom is -0.337 e. The smallest absolute Gasteiger partial charge is 0.328 e. The highest BCUT2D eigenvalue weighted by Gasteiger charge is 2.19. The van der Waals surface area contributed by atoms with E-state index in [4.69, 9.17) is 0 Å². The molecule has 0 atom stereocenters. The van der Waals surface area contributed by atoms with Gasteiger partial charge in [-0.2, -0.15) is 0 Å². The zero-order valence-corrected chi connectivity index (χ0v) is 11.6. The highest BCUT2D eigenvalue weighted by Crippen LogP contribution is 2.15. The number of benzene rings is 1. The quantitative estimate of drug-likeness (QED) is 0.874. The van der Waals surface area contributed by atoms with Gasteiger partial charge in [0.1, 0.15) is 0 Å². The van der Waals surface area contributed by atoms with E-state index in [1.54, 1.807) is 19.1 Å². The molecule has 1 aromatic rings. The molecule has 5 nitrogen and oxygen atoms in total. The zero-order valence-electron chi connectivity index (χ0n) is 10.8. The molecule has 2 N–H and O–H groups in total. The first-order chi connectivity index (χ1) is 8.36. The molecule has 0 saturated heterocycles. The summed E-state index contributed by atoms with van der Waals surface area (Å²) in [6, 6.07) is 4.27. The van der Waals surface area contributed by atoms with Crippen LogP contribution in [0.3, 0.4) is 0 Å². The highest BCUT2D eigenvalue weighted by molar-refractivity contribution is 7.90. The molecule has 6 heteroatoms. The molecule has 0 saturated carbocycles. The van der Waals surface area contributed by atoms with E-state index in [1.807, 2.05) is 18.6 Å². The second-order valence-corrected chi connectivity index (χ2v) is 5.78. The van der Waals surface area contributed by atoms with Crippen LogP contribution in [0.4, 0.5) is 4.79 Å². The van der Waals surface area contributed by atoms with Crippen molar-refractivity contribution in [1.82, 2.24) is 10.0 Å². The molecule has 0 spiro atoms. The van der Waals surface area contributed by atoms with Gasteiger partial charge in [-0.3, -0.25) is 0 Å². The highest BCUT2D eigenvalue weighted by atomic mass is 32.2. The fourth-order valence-corrected chi connectivity index (χ4v) is 2.71. The van der Waals surface area contributed by atoms with Crippen LogP contribution < -0.4 is 10.0 Å². The van der Waals surface area contributed by atoms with Gasteiger partial charge in [0.05, 0.1) is 4.90 Å². The van der Waals surface area contributed by atoms with Crippen LogP contribution in [-0.2, 0) is 10.0 Å². The number of rotatable bonds is 4. The summed E-state index contributed by atoms with van der Waals surface area (Å²) in [6.07, 6.45) is 0.747. The van der Waals surface area contributed by atoms with E-state index >= 15 is 0 Å². The number of urea groups is 1. The molecule has 0 aliphatic carbocycles. The van der Waals surface area contributed by atoms with Crippen LogP contribution in [0.15, 0.2) is 23.1 Å². The molecule has 0 radical (unpaired) electrons. The van der Waals surface area contributed by atoms with Crippen molar-refractivity contribution in [2.45, 2.75) is 32.1 Å². The van der Waals surface area contributed by atoms with Gasteiger partial charge in [-0.25, -0.2) is 17.9 Å². The number of hydrogen-bond acceptors (Lipinski definition) is 3. The summed E-state index contributed by atoms with van der Waals surface area (Å²) >= 11 is 0. The Hall–Kier alpha value is -1.56. The average Bonchev–Trinajstić information content (AvgIpc) is 2.25. The first-order valence-corrected chi connectivity index (χ1v) is 7.23. The SMILES string of the molecule is CCCNC(=O)NS(=O)(=O)c1ccc(C)cc1C. The molecular weight excluding hydrogens is 252 g/mol.